The molecule has 0 fully saturated rings. The predicted octanol–water partition coefficient (Wildman–Crippen LogP) is 2.87. The Morgan fingerprint density at radius 3 is 2.33 bits per heavy atom. The number of hydrogen-bond donors (Lipinski definition) is 0. The quantitative estimate of drug-likeness (QED) is 0.856. The summed E-state index contributed by atoms with van der Waals surface area (Å²) in [6.07, 6.45) is 0. The third-order valence-corrected chi connectivity index (χ3v) is 6.25. The smallest absolute Gasteiger partial charge is 0.243 e. The van der Waals surface area contributed by atoms with Crippen molar-refractivity contribution in [1.82, 2.24) is 8.87 Å². The van der Waals surface area contributed by atoms with Gasteiger partial charge in [0.25, 0.3) is 0 Å². The fraction of sp³-hybridized carbons (Fsp3) is 0.375. The molecule has 1 aliphatic rings. The van der Waals surface area contributed by atoms with E-state index in [0.717, 1.165) is 11.3 Å². The van der Waals surface area contributed by atoms with Crippen LogP contribution in [0.5, 0.6) is 0 Å². The zero-order valence-corrected chi connectivity index (χ0v) is 13.4. The summed E-state index contributed by atoms with van der Waals surface area (Å²) >= 11 is 0. The fourth-order valence-electron chi connectivity index (χ4n) is 2.97. The molecular formula is C16H20N2O2S. The fourth-order valence-corrected chi connectivity index (χ4v) is 4.57. The second-order valence-electron chi connectivity index (χ2n) is 5.66. The average Bonchev–Trinajstić information content (AvgIpc) is 2.82. The van der Waals surface area contributed by atoms with Gasteiger partial charge in [-0.05, 0) is 45.0 Å². The first-order chi connectivity index (χ1) is 9.91. The van der Waals surface area contributed by atoms with Gasteiger partial charge in [-0.1, -0.05) is 17.7 Å². The highest BCUT2D eigenvalue weighted by Gasteiger charge is 2.34. The molecule has 0 unspecified atom stereocenters. The van der Waals surface area contributed by atoms with Crippen LogP contribution in [0.1, 0.15) is 29.9 Å². The van der Waals surface area contributed by atoms with Crippen molar-refractivity contribution in [3.05, 3.63) is 53.3 Å². The van der Waals surface area contributed by atoms with Crippen molar-refractivity contribution < 1.29 is 8.42 Å². The lowest BCUT2D eigenvalue weighted by molar-refractivity contribution is 0.280. The zero-order valence-electron chi connectivity index (χ0n) is 12.6. The standard InChI is InChI=1S/C16H20N2O2S/c1-12-4-7-15(8-5-12)21(19,20)18-11-10-17-13(2)6-9-16(17)14(18)3/h4-9,14H,10-11H2,1-3H3/t14-/m0/s1. The Labute approximate surface area is 126 Å². The van der Waals surface area contributed by atoms with E-state index < -0.39 is 10.0 Å². The Morgan fingerprint density at radius 1 is 1.00 bits per heavy atom. The van der Waals surface area contributed by atoms with Crippen molar-refractivity contribution in [2.24, 2.45) is 0 Å². The van der Waals surface area contributed by atoms with Crippen LogP contribution in [-0.4, -0.2) is 23.8 Å². The SMILES string of the molecule is Cc1ccc(S(=O)(=O)N2CCn3c(C)ccc3[C@@H]2C)cc1. The molecule has 1 aromatic heterocycles. The Hall–Kier alpha value is -1.59. The summed E-state index contributed by atoms with van der Waals surface area (Å²) in [7, 11) is -3.44. The summed E-state index contributed by atoms with van der Waals surface area (Å²) in [6.45, 7) is 7.19. The van der Waals surface area contributed by atoms with E-state index in [9.17, 15) is 8.42 Å². The Balaban J connectivity index is 1.99. The summed E-state index contributed by atoms with van der Waals surface area (Å²) < 4.78 is 29.5. The van der Waals surface area contributed by atoms with Crippen LogP contribution in [0.4, 0.5) is 0 Å². The number of hydrogen-bond acceptors (Lipinski definition) is 2. The molecule has 0 aliphatic carbocycles. The van der Waals surface area contributed by atoms with E-state index in [0.29, 0.717) is 18.0 Å². The van der Waals surface area contributed by atoms with E-state index in [1.54, 1.807) is 16.4 Å². The van der Waals surface area contributed by atoms with Gasteiger partial charge in [0, 0.05) is 24.5 Å². The number of benzene rings is 1. The van der Waals surface area contributed by atoms with Gasteiger partial charge in [-0.25, -0.2) is 8.42 Å². The third kappa shape index (κ3) is 2.30. The summed E-state index contributed by atoms with van der Waals surface area (Å²) in [4.78, 5) is 0.372. The predicted molar refractivity (Wildman–Crippen MR) is 82.7 cm³/mol. The van der Waals surface area contributed by atoms with E-state index in [2.05, 4.69) is 11.5 Å². The van der Waals surface area contributed by atoms with Crippen LogP contribution in [-0.2, 0) is 16.6 Å². The number of sulfonamides is 1. The highest BCUT2D eigenvalue weighted by molar-refractivity contribution is 7.89. The highest BCUT2D eigenvalue weighted by atomic mass is 32.2. The van der Waals surface area contributed by atoms with Gasteiger partial charge in [0.2, 0.25) is 10.0 Å². The van der Waals surface area contributed by atoms with Crippen LogP contribution in [0, 0.1) is 13.8 Å². The van der Waals surface area contributed by atoms with Gasteiger partial charge in [-0.3, -0.25) is 0 Å². The molecule has 5 heteroatoms. The van der Waals surface area contributed by atoms with Crippen molar-refractivity contribution in [2.75, 3.05) is 6.54 Å². The molecule has 1 aliphatic heterocycles. The van der Waals surface area contributed by atoms with Crippen molar-refractivity contribution in [3.63, 3.8) is 0 Å². The van der Waals surface area contributed by atoms with Gasteiger partial charge < -0.3 is 4.57 Å². The number of rotatable bonds is 2. The largest absolute Gasteiger partial charge is 0.346 e. The molecule has 2 aromatic rings. The number of aryl methyl sites for hydroxylation is 2. The summed E-state index contributed by atoms with van der Waals surface area (Å²) in [5, 5.41) is 0. The molecule has 0 amide bonds. The normalized spacial score (nSPS) is 19.5. The van der Waals surface area contributed by atoms with E-state index in [1.165, 1.54) is 5.69 Å². The number of nitrogens with zero attached hydrogens (tertiary/aromatic N) is 2. The summed E-state index contributed by atoms with van der Waals surface area (Å²) in [5.41, 5.74) is 3.31. The molecule has 112 valence electrons. The van der Waals surface area contributed by atoms with Gasteiger partial charge in [-0.2, -0.15) is 4.31 Å². The highest BCUT2D eigenvalue weighted by Crippen LogP contribution is 2.32. The van der Waals surface area contributed by atoms with Crippen LogP contribution in [0.15, 0.2) is 41.3 Å². The van der Waals surface area contributed by atoms with Gasteiger partial charge in [0.15, 0.2) is 0 Å². The third-order valence-electron chi connectivity index (χ3n) is 4.26. The van der Waals surface area contributed by atoms with Crippen LogP contribution in [0.25, 0.3) is 0 Å². The second-order valence-corrected chi connectivity index (χ2v) is 7.55. The van der Waals surface area contributed by atoms with Crippen LogP contribution in [0.2, 0.25) is 0 Å². The minimum Gasteiger partial charge on any atom is -0.346 e. The monoisotopic (exact) mass is 304 g/mol. The topological polar surface area (TPSA) is 42.3 Å². The molecule has 0 spiro atoms. The van der Waals surface area contributed by atoms with Crippen LogP contribution >= 0.6 is 0 Å². The van der Waals surface area contributed by atoms with Crippen molar-refractivity contribution in [2.45, 2.75) is 38.3 Å². The van der Waals surface area contributed by atoms with Gasteiger partial charge in [0.05, 0.1) is 10.9 Å². The maximum Gasteiger partial charge on any atom is 0.243 e. The first kappa shape index (κ1) is 14.4. The number of fused-ring (bicyclic) bond motifs is 1. The Morgan fingerprint density at radius 2 is 1.67 bits per heavy atom. The van der Waals surface area contributed by atoms with Gasteiger partial charge in [0.1, 0.15) is 0 Å². The van der Waals surface area contributed by atoms with Gasteiger partial charge >= 0.3 is 0 Å². The average molecular weight is 304 g/mol. The molecule has 0 saturated heterocycles. The maximum absolute atomic E-state index is 12.8. The first-order valence-electron chi connectivity index (χ1n) is 7.16. The van der Waals surface area contributed by atoms with E-state index in [4.69, 9.17) is 0 Å². The van der Waals surface area contributed by atoms with E-state index in [-0.39, 0.29) is 6.04 Å². The molecule has 2 heterocycles. The lowest BCUT2D eigenvalue weighted by atomic mass is 10.2. The maximum atomic E-state index is 12.8. The molecule has 0 saturated carbocycles. The molecular weight excluding hydrogens is 284 g/mol. The molecule has 21 heavy (non-hydrogen) atoms. The first-order valence-corrected chi connectivity index (χ1v) is 8.60. The summed E-state index contributed by atoms with van der Waals surface area (Å²) in [6, 6.07) is 11.0. The lowest BCUT2D eigenvalue weighted by Crippen LogP contribution is -2.40. The molecule has 3 rings (SSSR count). The summed E-state index contributed by atoms with van der Waals surface area (Å²) in [5.74, 6) is 0. The second kappa shape index (κ2) is 5.00. The van der Waals surface area contributed by atoms with Crippen molar-refractivity contribution in [3.8, 4) is 0 Å². The molecule has 1 aromatic carbocycles. The Kier molecular flexibility index (Phi) is 3.42. The molecule has 0 N–H and O–H groups in total. The van der Waals surface area contributed by atoms with Crippen molar-refractivity contribution >= 4 is 10.0 Å². The molecule has 4 nitrogen and oxygen atoms in total. The molecule has 0 radical (unpaired) electrons. The minimum atomic E-state index is -3.44. The molecule has 1 atom stereocenters. The zero-order chi connectivity index (χ0) is 15.2. The van der Waals surface area contributed by atoms with E-state index in [1.807, 2.05) is 38.1 Å². The number of aromatic nitrogens is 1. The molecule has 0 bridgehead atoms. The van der Waals surface area contributed by atoms with Crippen LogP contribution < -0.4 is 0 Å². The van der Waals surface area contributed by atoms with Crippen molar-refractivity contribution in [1.29, 1.82) is 0 Å². The van der Waals surface area contributed by atoms with Crippen LogP contribution in [0.3, 0.4) is 0 Å². The minimum absolute atomic E-state index is 0.140. The lowest BCUT2D eigenvalue weighted by Gasteiger charge is -2.34. The Bertz CT molecular complexity index is 760. The van der Waals surface area contributed by atoms with E-state index >= 15 is 0 Å². The van der Waals surface area contributed by atoms with Gasteiger partial charge in [-0.15, -0.1) is 0 Å².